The number of rotatable bonds is 8. The van der Waals surface area contributed by atoms with Crippen LogP contribution < -0.4 is 15.8 Å². The molecule has 1 unspecified atom stereocenters. The SMILES string of the molecule is CCOc1ccc(CN2CCCCC2CNC(=O)CCN)cc1F.Cl. The highest BCUT2D eigenvalue weighted by Gasteiger charge is 2.23. The number of halogens is 2. The second-order valence-corrected chi connectivity index (χ2v) is 6.16. The molecule has 1 amide bonds. The van der Waals surface area contributed by atoms with E-state index < -0.39 is 0 Å². The van der Waals surface area contributed by atoms with Crippen LogP contribution in [0.4, 0.5) is 4.39 Å². The molecule has 1 saturated heterocycles. The van der Waals surface area contributed by atoms with Crippen molar-refractivity contribution in [2.75, 3.05) is 26.2 Å². The molecule has 0 aromatic heterocycles. The summed E-state index contributed by atoms with van der Waals surface area (Å²) in [5, 5.41) is 2.95. The van der Waals surface area contributed by atoms with Crippen LogP contribution in [0.1, 0.15) is 38.2 Å². The first kappa shape index (κ1) is 21.7. The fraction of sp³-hybridized carbons (Fsp3) is 0.611. The highest BCUT2D eigenvalue weighted by Crippen LogP contribution is 2.23. The highest BCUT2D eigenvalue weighted by atomic mass is 35.5. The van der Waals surface area contributed by atoms with Crippen LogP contribution in [0.15, 0.2) is 18.2 Å². The first-order valence-electron chi connectivity index (χ1n) is 8.76. The second-order valence-electron chi connectivity index (χ2n) is 6.16. The third-order valence-electron chi connectivity index (χ3n) is 4.34. The molecular weight excluding hydrogens is 345 g/mol. The summed E-state index contributed by atoms with van der Waals surface area (Å²) in [5.41, 5.74) is 6.33. The molecule has 1 aliphatic heterocycles. The zero-order valence-corrected chi connectivity index (χ0v) is 15.6. The predicted octanol–water partition coefficient (Wildman–Crippen LogP) is 2.47. The molecule has 0 radical (unpaired) electrons. The van der Waals surface area contributed by atoms with E-state index in [1.807, 2.05) is 13.0 Å². The van der Waals surface area contributed by atoms with E-state index in [0.29, 0.717) is 38.4 Å². The number of benzene rings is 1. The number of carbonyl (C=O) groups is 1. The molecule has 25 heavy (non-hydrogen) atoms. The number of carbonyl (C=O) groups excluding carboxylic acids is 1. The van der Waals surface area contributed by atoms with Crippen molar-refractivity contribution < 1.29 is 13.9 Å². The van der Waals surface area contributed by atoms with Crippen LogP contribution in [-0.4, -0.2) is 43.1 Å². The van der Waals surface area contributed by atoms with Gasteiger partial charge in [-0.15, -0.1) is 12.4 Å². The van der Waals surface area contributed by atoms with Gasteiger partial charge in [0.25, 0.3) is 0 Å². The third kappa shape index (κ3) is 6.80. The van der Waals surface area contributed by atoms with Crippen LogP contribution in [-0.2, 0) is 11.3 Å². The Hall–Kier alpha value is -1.37. The summed E-state index contributed by atoms with van der Waals surface area (Å²) in [6, 6.07) is 5.43. The van der Waals surface area contributed by atoms with Gasteiger partial charge in [-0.3, -0.25) is 9.69 Å². The molecule has 1 aliphatic rings. The Bertz CT molecular complexity index is 545. The van der Waals surface area contributed by atoms with E-state index in [1.165, 1.54) is 0 Å². The molecule has 3 N–H and O–H groups in total. The van der Waals surface area contributed by atoms with Crippen molar-refractivity contribution in [2.45, 2.75) is 45.2 Å². The number of hydrogen-bond donors (Lipinski definition) is 2. The van der Waals surface area contributed by atoms with E-state index in [1.54, 1.807) is 12.1 Å². The van der Waals surface area contributed by atoms with E-state index in [0.717, 1.165) is 31.4 Å². The van der Waals surface area contributed by atoms with Gasteiger partial charge in [-0.2, -0.15) is 0 Å². The van der Waals surface area contributed by atoms with E-state index in [-0.39, 0.29) is 30.2 Å². The summed E-state index contributed by atoms with van der Waals surface area (Å²) in [5.74, 6) is -0.0280. The van der Waals surface area contributed by atoms with Crippen LogP contribution in [0, 0.1) is 5.82 Å². The standard InChI is InChI=1S/C18H28FN3O2.ClH/c1-2-24-17-7-6-14(11-16(17)19)13-22-10-4-3-5-15(22)12-21-18(23)8-9-20;/h6-7,11,15H,2-5,8-10,12-13,20H2,1H3,(H,21,23);1H. The molecule has 0 aliphatic carbocycles. The Balaban J connectivity index is 0.00000312. The van der Waals surface area contributed by atoms with Gasteiger partial charge < -0.3 is 15.8 Å². The van der Waals surface area contributed by atoms with Crippen LogP contribution >= 0.6 is 12.4 Å². The average molecular weight is 374 g/mol. The van der Waals surface area contributed by atoms with Crippen molar-refractivity contribution in [1.82, 2.24) is 10.2 Å². The number of nitrogens with zero attached hydrogens (tertiary/aromatic N) is 1. The maximum Gasteiger partial charge on any atom is 0.221 e. The van der Waals surface area contributed by atoms with Gasteiger partial charge >= 0.3 is 0 Å². The first-order chi connectivity index (χ1) is 11.6. The smallest absolute Gasteiger partial charge is 0.221 e. The summed E-state index contributed by atoms with van der Waals surface area (Å²) in [6.45, 7) is 4.93. The lowest BCUT2D eigenvalue weighted by Crippen LogP contribution is -2.46. The fourth-order valence-corrected chi connectivity index (χ4v) is 3.10. The number of nitrogens with one attached hydrogen (secondary N) is 1. The Morgan fingerprint density at radius 3 is 2.92 bits per heavy atom. The van der Waals surface area contributed by atoms with Crippen molar-refractivity contribution in [3.05, 3.63) is 29.6 Å². The van der Waals surface area contributed by atoms with Crippen molar-refractivity contribution in [2.24, 2.45) is 5.73 Å². The van der Waals surface area contributed by atoms with Crippen molar-refractivity contribution >= 4 is 18.3 Å². The molecule has 5 nitrogen and oxygen atoms in total. The summed E-state index contributed by atoms with van der Waals surface area (Å²) in [6.07, 6.45) is 3.69. The van der Waals surface area contributed by atoms with E-state index in [2.05, 4.69) is 10.2 Å². The Morgan fingerprint density at radius 2 is 2.24 bits per heavy atom. The number of ether oxygens (including phenoxy) is 1. The zero-order valence-electron chi connectivity index (χ0n) is 14.8. The quantitative estimate of drug-likeness (QED) is 0.734. The molecule has 0 spiro atoms. The molecule has 0 bridgehead atoms. The molecule has 1 heterocycles. The van der Waals surface area contributed by atoms with Crippen LogP contribution in [0.3, 0.4) is 0 Å². The van der Waals surface area contributed by atoms with Crippen molar-refractivity contribution in [3.8, 4) is 5.75 Å². The molecule has 142 valence electrons. The number of amides is 1. The molecule has 1 aromatic carbocycles. The minimum absolute atomic E-state index is 0. The second kappa shape index (κ2) is 11.3. The Kier molecular flexibility index (Phi) is 9.78. The van der Waals surface area contributed by atoms with Gasteiger partial charge in [-0.1, -0.05) is 12.5 Å². The molecule has 1 atom stereocenters. The van der Waals surface area contributed by atoms with Crippen LogP contribution in [0.2, 0.25) is 0 Å². The maximum absolute atomic E-state index is 14.0. The minimum atomic E-state index is -0.320. The summed E-state index contributed by atoms with van der Waals surface area (Å²) >= 11 is 0. The molecule has 2 rings (SSSR count). The van der Waals surface area contributed by atoms with E-state index in [9.17, 15) is 9.18 Å². The highest BCUT2D eigenvalue weighted by molar-refractivity contribution is 5.85. The van der Waals surface area contributed by atoms with Gasteiger partial charge in [0.15, 0.2) is 11.6 Å². The third-order valence-corrected chi connectivity index (χ3v) is 4.34. The lowest BCUT2D eigenvalue weighted by molar-refractivity contribution is -0.121. The number of hydrogen-bond acceptors (Lipinski definition) is 4. The fourth-order valence-electron chi connectivity index (χ4n) is 3.10. The lowest BCUT2D eigenvalue weighted by atomic mass is 10.0. The number of likely N-dealkylation sites (tertiary alicyclic amines) is 1. The first-order valence-corrected chi connectivity index (χ1v) is 8.76. The van der Waals surface area contributed by atoms with Gasteiger partial charge in [-0.25, -0.2) is 4.39 Å². The normalized spacial score (nSPS) is 17.6. The summed E-state index contributed by atoms with van der Waals surface area (Å²) < 4.78 is 19.3. The number of nitrogens with two attached hydrogens (primary N) is 1. The topological polar surface area (TPSA) is 67.6 Å². The monoisotopic (exact) mass is 373 g/mol. The van der Waals surface area contributed by atoms with E-state index in [4.69, 9.17) is 10.5 Å². The molecule has 1 fully saturated rings. The van der Waals surface area contributed by atoms with Gasteiger partial charge in [-0.05, 0) is 44.0 Å². The maximum atomic E-state index is 14.0. The minimum Gasteiger partial charge on any atom is -0.491 e. The Labute approximate surface area is 155 Å². The largest absolute Gasteiger partial charge is 0.491 e. The van der Waals surface area contributed by atoms with Crippen molar-refractivity contribution in [1.29, 1.82) is 0 Å². The van der Waals surface area contributed by atoms with Crippen LogP contribution in [0.25, 0.3) is 0 Å². The van der Waals surface area contributed by atoms with Gasteiger partial charge in [0, 0.05) is 32.1 Å². The molecule has 0 saturated carbocycles. The number of piperidine rings is 1. The van der Waals surface area contributed by atoms with E-state index >= 15 is 0 Å². The predicted molar refractivity (Wildman–Crippen MR) is 99.5 cm³/mol. The van der Waals surface area contributed by atoms with Crippen LogP contribution in [0.5, 0.6) is 5.75 Å². The zero-order chi connectivity index (χ0) is 17.4. The molecule has 1 aromatic rings. The Morgan fingerprint density at radius 1 is 1.44 bits per heavy atom. The van der Waals surface area contributed by atoms with Gasteiger partial charge in [0.05, 0.1) is 6.61 Å². The molecule has 7 heteroatoms. The average Bonchev–Trinajstić information content (AvgIpc) is 2.57. The van der Waals surface area contributed by atoms with Gasteiger partial charge in [0.2, 0.25) is 5.91 Å². The van der Waals surface area contributed by atoms with Gasteiger partial charge in [0.1, 0.15) is 0 Å². The van der Waals surface area contributed by atoms with Crippen molar-refractivity contribution in [3.63, 3.8) is 0 Å². The molecular formula is C18H29ClFN3O2. The summed E-state index contributed by atoms with van der Waals surface area (Å²) in [4.78, 5) is 13.9. The summed E-state index contributed by atoms with van der Waals surface area (Å²) in [7, 11) is 0. The lowest BCUT2D eigenvalue weighted by Gasteiger charge is -2.36.